The summed E-state index contributed by atoms with van der Waals surface area (Å²) in [5, 5.41) is 6.00. The van der Waals surface area contributed by atoms with E-state index in [1.54, 1.807) is 6.92 Å². The second-order valence-electron chi connectivity index (χ2n) is 4.78. The Morgan fingerprint density at radius 2 is 1.90 bits per heavy atom. The lowest BCUT2D eigenvalue weighted by Gasteiger charge is -2.18. The van der Waals surface area contributed by atoms with Crippen molar-refractivity contribution < 1.29 is 9.59 Å². The van der Waals surface area contributed by atoms with Crippen LogP contribution in [-0.4, -0.2) is 29.7 Å². The molecule has 110 valence electrons. The third-order valence-electron chi connectivity index (χ3n) is 2.45. The van der Waals surface area contributed by atoms with Gasteiger partial charge in [0.25, 0.3) is 0 Å². The van der Waals surface area contributed by atoms with Crippen LogP contribution >= 0.6 is 11.8 Å². The molecule has 5 nitrogen and oxygen atoms in total. The molecule has 0 aliphatic rings. The van der Waals surface area contributed by atoms with E-state index >= 15 is 0 Å². The number of anilines is 1. The maximum Gasteiger partial charge on any atom is 0.242 e. The molecule has 2 amide bonds. The summed E-state index contributed by atoms with van der Waals surface area (Å²) < 4.78 is 0. The van der Waals surface area contributed by atoms with Crippen LogP contribution in [0.1, 0.15) is 20.8 Å². The summed E-state index contributed by atoms with van der Waals surface area (Å²) >= 11 is 1.35. The number of hydrogen-bond donors (Lipinski definition) is 3. The van der Waals surface area contributed by atoms with Gasteiger partial charge in [-0.2, -0.15) is 0 Å². The molecule has 1 aromatic rings. The molecule has 1 rings (SSSR count). The standard InChI is InChI=1S/C14H21N3O2S/c1-9(2)16-14(19)10(3)17-11-6-4-5-7-12(11)20-8-13(15)18/h4-7,9-10,17H,8H2,1-3H3,(H2,15,18)(H,16,19)/t10-/m1/s1. The molecule has 0 fully saturated rings. The van der Waals surface area contributed by atoms with Crippen LogP contribution in [0.3, 0.4) is 0 Å². The van der Waals surface area contributed by atoms with E-state index < -0.39 is 0 Å². The minimum atomic E-state index is -0.365. The Balaban J connectivity index is 2.71. The molecule has 6 heteroatoms. The summed E-state index contributed by atoms with van der Waals surface area (Å²) in [6.07, 6.45) is 0. The Morgan fingerprint density at radius 3 is 2.50 bits per heavy atom. The van der Waals surface area contributed by atoms with Crippen LogP contribution in [0.25, 0.3) is 0 Å². The SMILES string of the molecule is CC(C)NC(=O)[C@@H](C)Nc1ccccc1SCC(N)=O. The van der Waals surface area contributed by atoms with Gasteiger partial charge < -0.3 is 16.4 Å². The molecule has 0 heterocycles. The van der Waals surface area contributed by atoms with Crippen LogP contribution in [0.5, 0.6) is 0 Å². The van der Waals surface area contributed by atoms with E-state index in [9.17, 15) is 9.59 Å². The van der Waals surface area contributed by atoms with Crippen LogP contribution in [-0.2, 0) is 9.59 Å². The van der Waals surface area contributed by atoms with Gasteiger partial charge in [0.1, 0.15) is 6.04 Å². The van der Waals surface area contributed by atoms with Crippen LogP contribution in [0.2, 0.25) is 0 Å². The second-order valence-corrected chi connectivity index (χ2v) is 5.80. The van der Waals surface area contributed by atoms with Crippen LogP contribution in [0, 0.1) is 0 Å². The molecule has 0 spiro atoms. The van der Waals surface area contributed by atoms with E-state index in [1.807, 2.05) is 38.1 Å². The summed E-state index contributed by atoms with van der Waals surface area (Å²) in [7, 11) is 0. The molecule has 0 aliphatic carbocycles. The van der Waals surface area contributed by atoms with E-state index in [1.165, 1.54) is 11.8 Å². The van der Waals surface area contributed by atoms with E-state index in [-0.39, 0.29) is 29.7 Å². The first-order valence-corrected chi connectivity index (χ1v) is 7.45. The van der Waals surface area contributed by atoms with Gasteiger partial charge in [0.05, 0.1) is 5.75 Å². The summed E-state index contributed by atoms with van der Waals surface area (Å²) in [5.74, 6) is -0.212. The number of para-hydroxylation sites is 1. The average molecular weight is 295 g/mol. The number of nitrogens with two attached hydrogens (primary N) is 1. The largest absolute Gasteiger partial charge is 0.373 e. The second kappa shape index (κ2) is 7.79. The number of amides is 2. The Labute approximate surface area is 123 Å². The van der Waals surface area contributed by atoms with E-state index in [2.05, 4.69) is 10.6 Å². The fraction of sp³-hybridized carbons (Fsp3) is 0.429. The molecule has 20 heavy (non-hydrogen) atoms. The lowest BCUT2D eigenvalue weighted by atomic mass is 10.2. The van der Waals surface area contributed by atoms with Gasteiger partial charge in [-0.1, -0.05) is 12.1 Å². The van der Waals surface area contributed by atoms with Crippen molar-refractivity contribution in [1.82, 2.24) is 5.32 Å². The Morgan fingerprint density at radius 1 is 1.25 bits per heavy atom. The predicted molar refractivity (Wildman–Crippen MR) is 82.7 cm³/mol. The minimum absolute atomic E-state index is 0.0605. The third kappa shape index (κ3) is 5.52. The minimum Gasteiger partial charge on any atom is -0.373 e. The highest BCUT2D eigenvalue weighted by Gasteiger charge is 2.15. The first-order valence-electron chi connectivity index (χ1n) is 6.47. The van der Waals surface area contributed by atoms with Crippen molar-refractivity contribution in [3.8, 4) is 0 Å². The lowest BCUT2D eigenvalue weighted by Crippen LogP contribution is -2.41. The van der Waals surface area contributed by atoms with Crippen molar-refractivity contribution in [3.63, 3.8) is 0 Å². The topological polar surface area (TPSA) is 84.2 Å². The molecule has 1 aromatic carbocycles. The third-order valence-corrected chi connectivity index (χ3v) is 3.55. The summed E-state index contributed by atoms with van der Waals surface area (Å²) in [4.78, 5) is 23.6. The van der Waals surface area contributed by atoms with Crippen molar-refractivity contribution in [3.05, 3.63) is 24.3 Å². The quantitative estimate of drug-likeness (QED) is 0.667. The zero-order chi connectivity index (χ0) is 15.1. The molecule has 0 bridgehead atoms. The molecule has 0 unspecified atom stereocenters. The fourth-order valence-electron chi connectivity index (χ4n) is 1.57. The molecular weight excluding hydrogens is 274 g/mol. The van der Waals surface area contributed by atoms with Gasteiger partial charge in [-0.3, -0.25) is 9.59 Å². The number of thioether (sulfide) groups is 1. The van der Waals surface area contributed by atoms with Gasteiger partial charge in [-0.25, -0.2) is 0 Å². The zero-order valence-electron chi connectivity index (χ0n) is 12.0. The number of carbonyl (C=O) groups is 2. The van der Waals surface area contributed by atoms with E-state index in [0.717, 1.165) is 10.6 Å². The Kier molecular flexibility index (Phi) is 6.38. The van der Waals surface area contributed by atoms with Crippen LogP contribution in [0.15, 0.2) is 29.2 Å². The van der Waals surface area contributed by atoms with Crippen LogP contribution in [0.4, 0.5) is 5.69 Å². The predicted octanol–water partition coefficient (Wildman–Crippen LogP) is 1.59. The smallest absolute Gasteiger partial charge is 0.242 e. The van der Waals surface area contributed by atoms with Crippen molar-refractivity contribution in [1.29, 1.82) is 0 Å². The maximum absolute atomic E-state index is 11.9. The molecular formula is C14H21N3O2S. The number of nitrogens with one attached hydrogen (secondary N) is 2. The molecule has 0 saturated heterocycles. The monoisotopic (exact) mass is 295 g/mol. The maximum atomic E-state index is 11.9. The van der Waals surface area contributed by atoms with Gasteiger partial charge in [0, 0.05) is 16.6 Å². The molecule has 0 aromatic heterocycles. The highest BCUT2D eigenvalue weighted by atomic mass is 32.2. The molecule has 0 radical (unpaired) electrons. The molecule has 4 N–H and O–H groups in total. The van der Waals surface area contributed by atoms with Crippen LogP contribution < -0.4 is 16.4 Å². The highest BCUT2D eigenvalue weighted by Crippen LogP contribution is 2.27. The number of hydrogen-bond acceptors (Lipinski definition) is 4. The molecule has 0 saturated carbocycles. The fourth-order valence-corrected chi connectivity index (χ4v) is 2.32. The van der Waals surface area contributed by atoms with Crippen molar-refractivity contribution in [2.45, 2.75) is 37.8 Å². The average Bonchev–Trinajstić information content (AvgIpc) is 2.36. The number of benzene rings is 1. The summed E-state index contributed by atoms with van der Waals surface area (Å²) in [6.45, 7) is 5.63. The first kappa shape index (κ1) is 16.4. The van der Waals surface area contributed by atoms with Crippen molar-refractivity contribution in [2.75, 3.05) is 11.1 Å². The zero-order valence-corrected chi connectivity index (χ0v) is 12.8. The van der Waals surface area contributed by atoms with Gasteiger partial charge in [-0.15, -0.1) is 11.8 Å². The lowest BCUT2D eigenvalue weighted by molar-refractivity contribution is -0.122. The number of primary amides is 1. The van der Waals surface area contributed by atoms with Gasteiger partial charge in [-0.05, 0) is 32.9 Å². The van der Waals surface area contributed by atoms with Crippen molar-refractivity contribution >= 4 is 29.3 Å². The van der Waals surface area contributed by atoms with Gasteiger partial charge >= 0.3 is 0 Å². The number of carbonyl (C=O) groups excluding carboxylic acids is 2. The Hall–Kier alpha value is -1.69. The summed E-state index contributed by atoms with van der Waals surface area (Å²) in [6, 6.07) is 7.28. The Bertz CT molecular complexity index is 477. The van der Waals surface area contributed by atoms with Gasteiger partial charge in [0.15, 0.2) is 0 Å². The molecule has 1 atom stereocenters. The summed E-state index contributed by atoms with van der Waals surface area (Å²) in [5.41, 5.74) is 5.97. The molecule has 0 aliphatic heterocycles. The highest BCUT2D eigenvalue weighted by molar-refractivity contribution is 8.00. The van der Waals surface area contributed by atoms with E-state index in [0.29, 0.717) is 0 Å². The van der Waals surface area contributed by atoms with Crippen molar-refractivity contribution in [2.24, 2.45) is 5.73 Å². The first-order chi connectivity index (χ1) is 9.40. The normalized spacial score (nSPS) is 12.0. The number of rotatable bonds is 7. The van der Waals surface area contributed by atoms with Gasteiger partial charge in [0.2, 0.25) is 11.8 Å². The van der Waals surface area contributed by atoms with E-state index in [4.69, 9.17) is 5.73 Å².